The summed E-state index contributed by atoms with van der Waals surface area (Å²) in [6.45, 7) is 0.402. The molecule has 1 aromatic carbocycles. The lowest BCUT2D eigenvalue weighted by Crippen LogP contribution is -2.32. The van der Waals surface area contributed by atoms with E-state index in [-0.39, 0.29) is 5.59 Å². The van der Waals surface area contributed by atoms with Crippen LogP contribution in [0.5, 0.6) is 5.88 Å². The van der Waals surface area contributed by atoms with Gasteiger partial charge >= 0.3 is 7.12 Å². The highest BCUT2D eigenvalue weighted by molar-refractivity contribution is 6.57. The Morgan fingerprint density at radius 2 is 1.76 bits per heavy atom. The van der Waals surface area contributed by atoms with Crippen LogP contribution in [-0.4, -0.2) is 22.2 Å². The molecule has 0 aliphatic carbocycles. The molecule has 0 saturated carbocycles. The highest BCUT2D eigenvalue weighted by atomic mass is 16.5. The molecular weight excluding hydrogens is 217 g/mol. The van der Waals surface area contributed by atoms with Crippen molar-refractivity contribution in [2.24, 2.45) is 0 Å². The van der Waals surface area contributed by atoms with Gasteiger partial charge in [0.25, 0.3) is 0 Å². The van der Waals surface area contributed by atoms with Gasteiger partial charge in [-0.05, 0) is 11.6 Å². The van der Waals surface area contributed by atoms with Gasteiger partial charge in [0.1, 0.15) is 6.61 Å². The van der Waals surface area contributed by atoms with Gasteiger partial charge in [0.05, 0.1) is 5.59 Å². The van der Waals surface area contributed by atoms with Crippen LogP contribution in [0.25, 0.3) is 0 Å². The maximum absolute atomic E-state index is 8.97. The fourth-order valence-corrected chi connectivity index (χ4v) is 1.39. The number of benzene rings is 1. The predicted octanol–water partition coefficient (Wildman–Crippen LogP) is 0.340. The van der Waals surface area contributed by atoms with E-state index in [1.165, 1.54) is 6.07 Å². The average molecular weight is 229 g/mol. The summed E-state index contributed by atoms with van der Waals surface area (Å²) in [5, 5.41) is 17.9. The van der Waals surface area contributed by atoms with E-state index in [9.17, 15) is 0 Å². The molecule has 0 aliphatic heterocycles. The van der Waals surface area contributed by atoms with Gasteiger partial charge in [-0.3, -0.25) is 0 Å². The van der Waals surface area contributed by atoms with Crippen LogP contribution in [-0.2, 0) is 6.61 Å². The molecule has 4 nitrogen and oxygen atoms in total. The van der Waals surface area contributed by atoms with E-state index in [1.54, 1.807) is 12.1 Å². The lowest BCUT2D eigenvalue weighted by atomic mass is 9.86. The summed E-state index contributed by atoms with van der Waals surface area (Å²) in [6.07, 6.45) is 0. The first-order chi connectivity index (χ1) is 8.25. The summed E-state index contributed by atoms with van der Waals surface area (Å²) in [5.41, 5.74) is 1.21. The molecule has 2 N–H and O–H groups in total. The van der Waals surface area contributed by atoms with Gasteiger partial charge in [0.15, 0.2) is 0 Å². The minimum Gasteiger partial charge on any atom is -0.473 e. The minimum atomic E-state index is -1.57. The largest absolute Gasteiger partial charge is 0.508 e. The Bertz CT molecular complexity index is 476. The molecule has 0 spiro atoms. The standard InChI is InChI=1S/C12H12BNO3/c15-13(16)11-7-4-8-12(14-11)17-9-10-5-2-1-3-6-10/h1-8,15-16H,9H2. The Balaban J connectivity index is 2.02. The molecular formula is C12H12BNO3. The van der Waals surface area contributed by atoms with Crippen LogP contribution >= 0.6 is 0 Å². The van der Waals surface area contributed by atoms with Crippen molar-refractivity contribution >= 4 is 12.7 Å². The number of aromatic nitrogens is 1. The van der Waals surface area contributed by atoms with Crippen molar-refractivity contribution in [1.82, 2.24) is 4.98 Å². The van der Waals surface area contributed by atoms with E-state index in [4.69, 9.17) is 14.8 Å². The third-order valence-corrected chi connectivity index (χ3v) is 2.24. The Hall–Kier alpha value is -1.85. The quantitative estimate of drug-likeness (QED) is 0.742. The van der Waals surface area contributed by atoms with Crippen molar-refractivity contribution in [3.05, 3.63) is 54.1 Å². The van der Waals surface area contributed by atoms with Crippen molar-refractivity contribution in [3.63, 3.8) is 0 Å². The first-order valence-corrected chi connectivity index (χ1v) is 5.25. The van der Waals surface area contributed by atoms with E-state index in [0.29, 0.717) is 12.5 Å². The first kappa shape index (κ1) is 11.6. The average Bonchev–Trinajstić information content (AvgIpc) is 2.38. The molecule has 0 radical (unpaired) electrons. The zero-order valence-electron chi connectivity index (χ0n) is 9.15. The molecule has 0 unspecified atom stereocenters. The van der Waals surface area contributed by atoms with Gasteiger partial charge in [-0.1, -0.05) is 36.4 Å². The van der Waals surface area contributed by atoms with E-state index in [2.05, 4.69) is 4.98 Å². The summed E-state index contributed by atoms with van der Waals surface area (Å²) < 4.78 is 5.45. The molecule has 0 amide bonds. The van der Waals surface area contributed by atoms with Crippen LogP contribution in [0.3, 0.4) is 0 Å². The van der Waals surface area contributed by atoms with E-state index in [1.807, 2.05) is 30.3 Å². The normalized spacial score (nSPS) is 10.0. The van der Waals surface area contributed by atoms with Crippen LogP contribution in [0.4, 0.5) is 0 Å². The predicted molar refractivity (Wildman–Crippen MR) is 64.8 cm³/mol. The summed E-state index contributed by atoms with van der Waals surface area (Å²) in [6, 6.07) is 14.6. The van der Waals surface area contributed by atoms with Crippen molar-refractivity contribution < 1.29 is 14.8 Å². The molecule has 2 aromatic rings. The van der Waals surface area contributed by atoms with Gasteiger partial charge in [0, 0.05) is 6.07 Å². The zero-order chi connectivity index (χ0) is 12.1. The Morgan fingerprint density at radius 3 is 2.47 bits per heavy atom. The molecule has 5 heteroatoms. The van der Waals surface area contributed by atoms with Gasteiger partial charge in [-0.2, -0.15) is 0 Å². The van der Waals surface area contributed by atoms with Gasteiger partial charge in [-0.15, -0.1) is 0 Å². The minimum absolute atomic E-state index is 0.176. The summed E-state index contributed by atoms with van der Waals surface area (Å²) in [4.78, 5) is 3.97. The van der Waals surface area contributed by atoms with Crippen LogP contribution in [0.2, 0.25) is 0 Å². The Morgan fingerprint density at radius 1 is 1.00 bits per heavy atom. The van der Waals surface area contributed by atoms with Crippen molar-refractivity contribution in [1.29, 1.82) is 0 Å². The summed E-state index contributed by atoms with van der Waals surface area (Å²) in [7, 11) is -1.57. The first-order valence-electron chi connectivity index (χ1n) is 5.25. The van der Waals surface area contributed by atoms with Crippen molar-refractivity contribution in [2.75, 3.05) is 0 Å². The third-order valence-electron chi connectivity index (χ3n) is 2.24. The highest BCUT2D eigenvalue weighted by Crippen LogP contribution is 2.07. The van der Waals surface area contributed by atoms with Gasteiger partial charge in [0.2, 0.25) is 5.88 Å². The van der Waals surface area contributed by atoms with E-state index >= 15 is 0 Å². The third kappa shape index (κ3) is 3.30. The molecule has 0 bridgehead atoms. The monoisotopic (exact) mass is 229 g/mol. The molecule has 0 fully saturated rings. The maximum Gasteiger partial charge on any atom is 0.508 e. The number of nitrogens with zero attached hydrogens (tertiary/aromatic N) is 1. The molecule has 17 heavy (non-hydrogen) atoms. The molecule has 0 atom stereocenters. The highest BCUT2D eigenvalue weighted by Gasteiger charge is 2.13. The summed E-state index contributed by atoms with van der Waals surface area (Å²) in [5.74, 6) is 0.374. The second-order valence-corrected chi connectivity index (χ2v) is 3.55. The number of hydrogen-bond acceptors (Lipinski definition) is 4. The number of hydrogen-bond donors (Lipinski definition) is 2. The Labute approximate surface area is 99.7 Å². The molecule has 2 rings (SSSR count). The van der Waals surface area contributed by atoms with Gasteiger partial charge in [-0.25, -0.2) is 4.98 Å². The van der Waals surface area contributed by atoms with E-state index in [0.717, 1.165) is 5.56 Å². The Kier molecular flexibility index (Phi) is 3.75. The number of pyridine rings is 1. The molecule has 0 aliphatic rings. The zero-order valence-corrected chi connectivity index (χ0v) is 9.15. The van der Waals surface area contributed by atoms with Crippen LogP contribution in [0, 0.1) is 0 Å². The topological polar surface area (TPSA) is 62.6 Å². The molecule has 1 heterocycles. The molecule has 86 valence electrons. The molecule has 0 saturated heterocycles. The second kappa shape index (κ2) is 5.47. The number of rotatable bonds is 4. The maximum atomic E-state index is 8.97. The van der Waals surface area contributed by atoms with Crippen LogP contribution in [0.15, 0.2) is 48.5 Å². The number of ether oxygens (including phenoxy) is 1. The van der Waals surface area contributed by atoms with Crippen molar-refractivity contribution in [2.45, 2.75) is 6.61 Å². The van der Waals surface area contributed by atoms with Crippen molar-refractivity contribution in [3.8, 4) is 5.88 Å². The SMILES string of the molecule is OB(O)c1cccc(OCc2ccccc2)n1. The van der Waals surface area contributed by atoms with Gasteiger partial charge < -0.3 is 14.8 Å². The van der Waals surface area contributed by atoms with Crippen LogP contribution < -0.4 is 10.3 Å². The lowest BCUT2D eigenvalue weighted by molar-refractivity contribution is 0.294. The molecule has 1 aromatic heterocycles. The lowest BCUT2D eigenvalue weighted by Gasteiger charge is -2.06. The smallest absolute Gasteiger partial charge is 0.473 e. The second-order valence-electron chi connectivity index (χ2n) is 3.55. The fourth-order valence-electron chi connectivity index (χ4n) is 1.39. The van der Waals surface area contributed by atoms with E-state index < -0.39 is 7.12 Å². The fraction of sp³-hybridized carbons (Fsp3) is 0.0833. The summed E-state index contributed by atoms with van der Waals surface area (Å²) >= 11 is 0. The van der Waals surface area contributed by atoms with Crippen LogP contribution in [0.1, 0.15) is 5.56 Å².